The van der Waals surface area contributed by atoms with Gasteiger partial charge in [-0.05, 0) is 18.6 Å². The van der Waals surface area contributed by atoms with Crippen LogP contribution in [0.5, 0.6) is 0 Å². The lowest BCUT2D eigenvalue weighted by Crippen LogP contribution is -2.32. The summed E-state index contributed by atoms with van der Waals surface area (Å²) >= 11 is 5.69. The molecule has 1 aliphatic rings. The molecule has 0 aromatic heterocycles. The highest BCUT2D eigenvalue weighted by molar-refractivity contribution is 6.32. The summed E-state index contributed by atoms with van der Waals surface area (Å²) in [6.45, 7) is 1.27. The topological polar surface area (TPSA) is 95.7 Å². The maximum atomic E-state index is 11.8. The van der Waals surface area contributed by atoms with E-state index in [-0.39, 0.29) is 29.3 Å². The normalized spacial score (nSPS) is 19.0. The Morgan fingerprint density at radius 3 is 2.95 bits per heavy atom. The van der Waals surface area contributed by atoms with E-state index in [4.69, 9.17) is 11.6 Å². The summed E-state index contributed by atoms with van der Waals surface area (Å²) in [7, 11) is 0. The van der Waals surface area contributed by atoms with Crippen LogP contribution in [-0.2, 0) is 4.79 Å². The van der Waals surface area contributed by atoms with Crippen molar-refractivity contribution >= 4 is 28.9 Å². The molecule has 1 aromatic rings. The minimum Gasteiger partial charge on any atom is -0.392 e. The second kappa shape index (κ2) is 6.17. The molecular weight excluding hydrogens is 286 g/mol. The number of anilines is 1. The first kappa shape index (κ1) is 14.7. The standard InChI is InChI=1S/C12H14ClN3O4/c13-10-2-1-8(5-11(10)16(19)20)14-12(18)7-15-4-3-9(17)6-15/h1-2,5,9,17H,3-4,6-7H2,(H,14,18)/t9-/m0/s1. The van der Waals surface area contributed by atoms with Crippen molar-refractivity contribution in [2.24, 2.45) is 0 Å². The van der Waals surface area contributed by atoms with Crippen molar-refractivity contribution in [3.05, 3.63) is 33.3 Å². The van der Waals surface area contributed by atoms with Gasteiger partial charge in [0.15, 0.2) is 0 Å². The Hall–Kier alpha value is -1.70. The van der Waals surface area contributed by atoms with Crippen molar-refractivity contribution < 1.29 is 14.8 Å². The first-order valence-electron chi connectivity index (χ1n) is 6.10. The number of aliphatic hydroxyl groups is 1. The van der Waals surface area contributed by atoms with E-state index in [1.54, 1.807) is 0 Å². The smallest absolute Gasteiger partial charge is 0.289 e. The summed E-state index contributed by atoms with van der Waals surface area (Å²) in [6.07, 6.45) is 0.263. The molecule has 0 radical (unpaired) electrons. The minimum absolute atomic E-state index is 0.0238. The molecule has 0 spiro atoms. The van der Waals surface area contributed by atoms with Crippen LogP contribution in [0.2, 0.25) is 5.02 Å². The molecule has 0 saturated carbocycles. The number of nitrogens with zero attached hydrogens (tertiary/aromatic N) is 2. The van der Waals surface area contributed by atoms with Gasteiger partial charge >= 0.3 is 0 Å². The quantitative estimate of drug-likeness (QED) is 0.644. The predicted octanol–water partition coefficient (Wildman–Crippen LogP) is 1.25. The number of hydrogen-bond donors (Lipinski definition) is 2. The predicted molar refractivity (Wildman–Crippen MR) is 73.8 cm³/mol. The van der Waals surface area contributed by atoms with Crippen molar-refractivity contribution in [3.8, 4) is 0 Å². The van der Waals surface area contributed by atoms with E-state index in [9.17, 15) is 20.0 Å². The number of carbonyl (C=O) groups is 1. The number of aliphatic hydroxyl groups excluding tert-OH is 1. The fourth-order valence-corrected chi connectivity index (χ4v) is 2.28. The van der Waals surface area contributed by atoms with Gasteiger partial charge in [0.25, 0.3) is 5.69 Å². The van der Waals surface area contributed by atoms with Gasteiger partial charge in [-0.15, -0.1) is 0 Å². The van der Waals surface area contributed by atoms with Gasteiger partial charge in [-0.1, -0.05) is 11.6 Å². The van der Waals surface area contributed by atoms with Crippen molar-refractivity contribution in [2.75, 3.05) is 25.0 Å². The van der Waals surface area contributed by atoms with Crippen molar-refractivity contribution in [3.63, 3.8) is 0 Å². The van der Waals surface area contributed by atoms with Crippen molar-refractivity contribution in [1.82, 2.24) is 4.90 Å². The van der Waals surface area contributed by atoms with E-state index in [1.165, 1.54) is 18.2 Å². The fraction of sp³-hybridized carbons (Fsp3) is 0.417. The third-order valence-corrected chi connectivity index (χ3v) is 3.36. The van der Waals surface area contributed by atoms with Gasteiger partial charge in [0.1, 0.15) is 5.02 Å². The molecular formula is C12H14ClN3O4. The maximum Gasteiger partial charge on any atom is 0.289 e. The zero-order chi connectivity index (χ0) is 14.7. The van der Waals surface area contributed by atoms with Gasteiger partial charge in [-0.25, -0.2) is 0 Å². The summed E-state index contributed by atoms with van der Waals surface area (Å²) in [5.41, 5.74) is 0.0758. The molecule has 1 saturated heterocycles. The molecule has 2 rings (SSSR count). The molecule has 0 bridgehead atoms. The Balaban J connectivity index is 1.97. The molecule has 2 N–H and O–H groups in total. The molecule has 0 unspecified atom stereocenters. The van der Waals surface area contributed by atoms with E-state index in [1.807, 2.05) is 4.90 Å². The Kier molecular flexibility index (Phi) is 4.53. The van der Waals surface area contributed by atoms with Crippen molar-refractivity contribution in [1.29, 1.82) is 0 Å². The van der Waals surface area contributed by atoms with Gasteiger partial charge in [0.05, 0.1) is 17.6 Å². The third kappa shape index (κ3) is 3.66. The molecule has 1 atom stereocenters. The van der Waals surface area contributed by atoms with Crippen LogP contribution in [0.3, 0.4) is 0 Å². The minimum atomic E-state index is -0.602. The Morgan fingerprint density at radius 1 is 1.60 bits per heavy atom. The number of amides is 1. The average Bonchev–Trinajstić information content (AvgIpc) is 2.76. The first-order valence-corrected chi connectivity index (χ1v) is 6.47. The largest absolute Gasteiger partial charge is 0.392 e. The number of carbonyl (C=O) groups excluding carboxylic acids is 1. The Morgan fingerprint density at radius 2 is 2.35 bits per heavy atom. The molecule has 0 aliphatic carbocycles. The number of nitro benzene ring substituents is 1. The highest BCUT2D eigenvalue weighted by atomic mass is 35.5. The van der Waals surface area contributed by atoms with Crippen LogP contribution in [0.15, 0.2) is 18.2 Å². The lowest BCUT2D eigenvalue weighted by atomic mass is 10.2. The molecule has 1 aliphatic heterocycles. The van der Waals surface area contributed by atoms with E-state index in [0.717, 1.165) is 0 Å². The average molecular weight is 300 g/mol. The zero-order valence-corrected chi connectivity index (χ0v) is 11.3. The molecule has 108 valence electrons. The molecule has 20 heavy (non-hydrogen) atoms. The van der Waals surface area contributed by atoms with E-state index < -0.39 is 4.92 Å². The SMILES string of the molecule is O=C(CN1CC[C@H](O)C1)Nc1ccc(Cl)c([N+](=O)[O-])c1. The summed E-state index contributed by atoms with van der Waals surface area (Å²) in [5, 5.41) is 22.7. The molecule has 1 heterocycles. The number of halogens is 1. The van der Waals surface area contributed by atoms with Crippen LogP contribution in [0, 0.1) is 10.1 Å². The highest BCUT2D eigenvalue weighted by Gasteiger charge is 2.22. The Labute approximate surface area is 120 Å². The van der Waals surface area contributed by atoms with Gasteiger partial charge in [-0.2, -0.15) is 0 Å². The number of benzene rings is 1. The van der Waals surface area contributed by atoms with Crippen LogP contribution >= 0.6 is 11.6 Å². The van der Waals surface area contributed by atoms with Crippen LogP contribution in [-0.4, -0.2) is 46.6 Å². The van der Waals surface area contributed by atoms with E-state index in [0.29, 0.717) is 25.2 Å². The number of nitrogens with one attached hydrogen (secondary N) is 1. The number of rotatable bonds is 4. The summed E-state index contributed by atoms with van der Waals surface area (Å²) in [4.78, 5) is 23.8. The number of β-amino-alcohol motifs (C(OH)–C–C–N with tert-alkyl or cyclic N) is 1. The van der Waals surface area contributed by atoms with E-state index >= 15 is 0 Å². The van der Waals surface area contributed by atoms with Gasteiger partial charge in [-0.3, -0.25) is 19.8 Å². The summed E-state index contributed by atoms with van der Waals surface area (Å²) in [5.74, 6) is -0.282. The summed E-state index contributed by atoms with van der Waals surface area (Å²) < 4.78 is 0. The molecule has 1 aromatic carbocycles. The molecule has 1 amide bonds. The zero-order valence-electron chi connectivity index (χ0n) is 10.6. The second-order valence-corrected chi connectivity index (χ2v) is 5.06. The monoisotopic (exact) mass is 299 g/mol. The van der Waals surface area contributed by atoms with Gasteiger partial charge < -0.3 is 10.4 Å². The van der Waals surface area contributed by atoms with Crippen LogP contribution in [0.25, 0.3) is 0 Å². The summed E-state index contributed by atoms with van der Waals surface area (Å²) in [6, 6.07) is 4.10. The molecule has 8 heteroatoms. The fourth-order valence-electron chi connectivity index (χ4n) is 2.09. The van der Waals surface area contributed by atoms with Crippen molar-refractivity contribution in [2.45, 2.75) is 12.5 Å². The maximum absolute atomic E-state index is 11.8. The van der Waals surface area contributed by atoms with E-state index in [2.05, 4.69) is 5.32 Å². The lowest BCUT2D eigenvalue weighted by Gasteiger charge is -2.14. The first-order chi connectivity index (χ1) is 9.45. The molecule has 7 nitrogen and oxygen atoms in total. The second-order valence-electron chi connectivity index (χ2n) is 4.65. The van der Waals surface area contributed by atoms with Crippen LogP contribution < -0.4 is 5.32 Å². The number of nitro groups is 1. The van der Waals surface area contributed by atoms with Gasteiger partial charge in [0.2, 0.25) is 5.91 Å². The van der Waals surface area contributed by atoms with Gasteiger partial charge in [0, 0.05) is 24.8 Å². The number of likely N-dealkylation sites (tertiary alicyclic amines) is 1. The van der Waals surface area contributed by atoms with Crippen LogP contribution in [0.1, 0.15) is 6.42 Å². The highest BCUT2D eigenvalue weighted by Crippen LogP contribution is 2.27. The number of hydrogen-bond acceptors (Lipinski definition) is 5. The third-order valence-electron chi connectivity index (χ3n) is 3.04. The van der Waals surface area contributed by atoms with Crippen LogP contribution in [0.4, 0.5) is 11.4 Å². The Bertz CT molecular complexity index is 537. The lowest BCUT2D eigenvalue weighted by molar-refractivity contribution is -0.384. The molecule has 1 fully saturated rings.